The third-order valence-electron chi connectivity index (χ3n) is 2.48. The van der Waals surface area contributed by atoms with Gasteiger partial charge in [0.1, 0.15) is 12.2 Å². The zero-order valence-corrected chi connectivity index (χ0v) is 6.77. The maximum Gasteiger partial charge on any atom is 0.108 e. The molecule has 1 aliphatic rings. The minimum absolute atomic E-state index is 0.102. The third kappa shape index (κ3) is 1.27. The van der Waals surface area contributed by atoms with Crippen molar-refractivity contribution in [1.82, 2.24) is 0 Å². The van der Waals surface area contributed by atoms with Gasteiger partial charge in [-0.25, -0.2) is 0 Å². The fraction of sp³-hybridized carbons (Fsp3) is 1.00. The van der Waals surface area contributed by atoms with Gasteiger partial charge < -0.3 is 20.7 Å². The van der Waals surface area contributed by atoms with E-state index in [0.29, 0.717) is 0 Å². The van der Waals surface area contributed by atoms with Crippen molar-refractivity contribution in [3.05, 3.63) is 0 Å². The highest BCUT2D eigenvalue weighted by Crippen LogP contribution is 2.26. The van der Waals surface area contributed by atoms with Crippen molar-refractivity contribution in [2.24, 2.45) is 11.7 Å². The Morgan fingerprint density at radius 3 is 2.00 bits per heavy atom. The summed E-state index contributed by atoms with van der Waals surface area (Å²) in [6.45, 7) is 1.80. The van der Waals surface area contributed by atoms with Crippen LogP contribution >= 0.6 is 0 Å². The predicted octanol–water partition coefficient (Wildman–Crippen LogP) is -1.30. The average molecular weight is 161 g/mol. The molecule has 0 bridgehead atoms. The Kier molecular flexibility index (Phi) is 2.49. The van der Waals surface area contributed by atoms with E-state index in [9.17, 15) is 10.2 Å². The van der Waals surface area contributed by atoms with Gasteiger partial charge in [0.25, 0.3) is 0 Å². The highest BCUT2D eigenvalue weighted by atomic mass is 16.5. The van der Waals surface area contributed by atoms with E-state index in [-0.39, 0.29) is 12.0 Å². The maximum atomic E-state index is 9.34. The van der Waals surface area contributed by atoms with Gasteiger partial charge in [-0.05, 0) is 0 Å². The molecule has 1 rings (SSSR count). The number of nitrogens with two attached hydrogens (primary N) is 1. The number of aliphatic hydroxyl groups is 2. The second-order valence-electron chi connectivity index (χ2n) is 3.12. The molecule has 0 spiro atoms. The Labute approximate surface area is 66.0 Å². The molecule has 4 N–H and O–H groups in total. The van der Waals surface area contributed by atoms with E-state index in [0.717, 1.165) is 0 Å². The first kappa shape index (κ1) is 8.93. The van der Waals surface area contributed by atoms with Crippen LogP contribution in [-0.4, -0.2) is 41.7 Å². The number of ether oxygens (including phenoxy) is 1. The summed E-state index contributed by atoms with van der Waals surface area (Å²) in [5.74, 6) is -0.102. The van der Waals surface area contributed by atoms with E-state index in [2.05, 4.69) is 0 Å². The van der Waals surface area contributed by atoms with Gasteiger partial charge in [-0.1, -0.05) is 6.92 Å². The van der Waals surface area contributed by atoms with Gasteiger partial charge >= 0.3 is 0 Å². The van der Waals surface area contributed by atoms with Gasteiger partial charge in [0.2, 0.25) is 0 Å². The highest BCUT2D eigenvalue weighted by Gasteiger charge is 2.45. The molecule has 0 aliphatic heterocycles. The van der Waals surface area contributed by atoms with Crippen molar-refractivity contribution < 1.29 is 14.9 Å². The topological polar surface area (TPSA) is 75.7 Å². The molecule has 0 aromatic rings. The zero-order chi connectivity index (χ0) is 8.59. The van der Waals surface area contributed by atoms with Crippen molar-refractivity contribution in [2.75, 3.05) is 7.11 Å². The molecule has 0 aromatic heterocycles. The Bertz CT molecular complexity index is 128. The van der Waals surface area contributed by atoms with Crippen molar-refractivity contribution in [3.63, 3.8) is 0 Å². The molecule has 1 aliphatic carbocycles. The van der Waals surface area contributed by atoms with E-state index in [1.807, 2.05) is 0 Å². The van der Waals surface area contributed by atoms with E-state index < -0.39 is 18.3 Å². The summed E-state index contributed by atoms with van der Waals surface area (Å²) in [5, 5.41) is 18.7. The molecule has 0 radical (unpaired) electrons. The van der Waals surface area contributed by atoms with Gasteiger partial charge in [0, 0.05) is 19.1 Å². The molecule has 0 amide bonds. The van der Waals surface area contributed by atoms with Crippen LogP contribution in [0.2, 0.25) is 0 Å². The fourth-order valence-corrected chi connectivity index (χ4v) is 1.56. The molecule has 0 heterocycles. The van der Waals surface area contributed by atoms with Crippen molar-refractivity contribution in [2.45, 2.75) is 31.3 Å². The monoisotopic (exact) mass is 161 g/mol. The van der Waals surface area contributed by atoms with Gasteiger partial charge in [-0.15, -0.1) is 0 Å². The lowest BCUT2D eigenvalue weighted by molar-refractivity contribution is -0.0425. The summed E-state index contributed by atoms with van der Waals surface area (Å²) in [6, 6.07) is -0.273. The third-order valence-corrected chi connectivity index (χ3v) is 2.48. The lowest BCUT2D eigenvalue weighted by atomic mass is 10.1. The van der Waals surface area contributed by atoms with Crippen molar-refractivity contribution >= 4 is 0 Å². The summed E-state index contributed by atoms with van der Waals surface area (Å²) >= 11 is 0. The molecule has 1 saturated carbocycles. The lowest BCUT2D eigenvalue weighted by Gasteiger charge is -2.17. The number of aliphatic hydroxyl groups excluding tert-OH is 2. The molecule has 4 heteroatoms. The molecular weight excluding hydrogens is 146 g/mol. The molecule has 0 saturated heterocycles. The summed E-state index contributed by atoms with van der Waals surface area (Å²) in [7, 11) is 1.48. The second kappa shape index (κ2) is 3.06. The summed E-state index contributed by atoms with van der Waals surface area (Å²) < 4.78 is 4.94. The normalized spacial score (nSPS) is 51.5. The van der Waals surface area contributed by atoms with Crippen LogP contribution in [0.15, 0.2) is 0 Å². The first-order chi connectivity index (χ1) is 5.09. The maximum absolute atomic E-state index is 9.34. The quantitative estimate of drug-likeness (QED) is 0.447. The number of rotatable bonds is 1. The standard InChI is InChI=1S/C7H15NO3/c1-3-4(8)7(11-2)6(10)5(3)9/h3-7,9-10H,8H2,1-2H3/t3-,4-,5+,6+,7+/m1/s1. The van der Waals surface area contributed by atoms with Crippen LogP contribution in [-0.2, 0) is 4.74 Å². The summed E-state index contributed by atoms with van der Waals surface area (Å²) in [4.78, 5) is 0. The Balaban J connectivity index is 2.69. The van der Waals surface area contributed by atoms with Crippen LogP contribution in [0.1, 0.15) is 6.92 Å². The minimum Gasteiger partial charge on any atom is -0.390 e. The number of hydrogen-bond donors (Lipinski definition) is 3. The van der Waals surface area contributed by atoms with Crippen LogP contribution in [0.3, 0.4) is 0 Å². The molecule has 5 atom stereocenters. The minimum atomic E-state index is -0.843. The first-order valence-electron chi connectivity index (χ1n) is 3.74. The van der Waals surface area contributed by atoms with Gasteiger partial charge in [0.15, 0.2) is 0 Å². The second-order valence-corrected chi connectivity index (χ2v) is 3.12. The van der Waals surface area contributed by atoms with Crippen molar-refractivity contribution in [3.8, 4) is 0 Å². The molecular formula is C7H15NO3. The average Bonchev–Trinajstić information content (AvgIpc) is 2.17. The molecule has 66 valence electrons. The summed E-state index contributed by atoms with van der Waals surface area (Å²) in [6.07, 6.45) is -2.03. The zero-order valence-electron chi connectivity index (χ0n) is 6.77. The lowest BCUT2D eigenvalue weighted by Crippen LogP contribution is -2.39. The SMILES string of the molecule is CO[C@H]1[C@H](N)[C@@H](C)[C@H](O)[C@@H]1O. The predicted molar refractivity (Wildman–Crippen MR) is 40.0 cm³/mol. The summed E-state index contributed by atoms with van der Waals surface area (Å²) in [5.41, 5.74) is 5.67. The van der Waals surface area contributed by atoms with E-state index in [4.69, 9.17) is 10.5 Å². The van der Waals surface area contributed by atoms with Crippen LogP contribution in [0.4, 0.5) is 0 Å². The van der Waals surface area contributed by atoms with Crippen LogP contribution < -0.4 is 5.73 Å². The molecule has 4 nitrogen and oxygen atoms in total. The smallest absolute Gasteiger partial charge is 0.108 e. The largest absolute Gasteiger partial charge is 0.390 e. The molecule has 0 unspecified atom stereocenters. The van der Waals surface area contributed by atoms with Gasteiger partial charge in [-0.2, -0.15) is 0 Å². The van der Waals surface area contributed by atoms with Crippen LogP contribution in [0.25, 0.3) is 0 Å². The Hall–Kier alpha value is -0.160. The number of hydrogen-bond acceptors (Lipinski definition) is 4. The Morgan fingerprint density at radius 1 is 1.27 bits per heavy atom. The Morgan fingerprint density at radius 2 is 1.82 bits per heavy atom. The fourth-order valence-electron chi connectivity index (χ4n) is 1.56. The first-order valence-corrected chi connectivity index (χ1v) is 3.74. The number of methoxy groups -OCH3 is 1. The van der Waals surface area contributed by atoms with E-state index >= 15 is 0 Å². The molecule has 0 aromatic carbocycles. The highest BCUT2D eigenvalue weighted by molar-refractivity contribution is 4.99. The van der Waals surface area contributed by atoms with Crippen molar-refractivity contribution in [1.29, 1.82) is 0 Å². The van der Waals surface area contributed by atoms with E-state index in [1.54, 1.807) is 6.92 Å². The van der Waals surface area contributed by atoms with Gasteiger partial charge in [0.05, 0.1) is 6.10 Å². The molecule has 1 fully saturated rings. The van der Waals surface area contributed by atoms with E-state index in [1.165, 1.54) is 7.11 Å². The molecule has 11 heavy (non-hydrogen) atoms. The van der Waals surface area contributed by atoms with Crippen LogP contribution in [0, 0.1) is 5.92 Å². The van der Waals surface area contributed by atoms with Gasteiger partial charge in [-0.3, -0.25) is 0 Å². The van der Waals surface area contributed by atoms with Crippen LogP contribution in [0.5, 0.6) is 0 Å².